The van der Waals surface area contributed by atoms with Gasteiger partial charge in [0.1, 0.15) is 6.61 Å². The molecular weight excluding hydrogens is 408 g/mol. The molecule has 0 heterocycles. The van der Waals surface area contributed by atoms with Gasteiger partial charge in [0.2, 0.25) is 5.91 Å². The van der Waals surface area contributed by atoms with Gasteiger partial charge in [-0.2, -0.15) is 0 Å². The van der Waals surface area contributed by atoms with E-state index in [1.165, 1.54) is 16.0 Å². The Hall–Kier alpha value is -3.35. The highest BCUT2D eigenvalue weighted by atomic mass is 16.5. The van der Waals surface area contributed by atoms with Crippen LogP contribution in [0.4, 0.5) is 4.79 Å². The maximum Gasteiger partial charge on any atom is 0.407 e. The maximum atomic E-state index is 12.5. The number of nitrogens with zero attached hydrogens (tertiary/aromatic N) is 1. The van der Waals surface area contributed by atoms with Gasteiger partial charge in [-0.05, 0) is 35.1 Å². The van der Waals surface area contributed by atoms with Gasteiger partial charge in [-0.25, -0.2) is 4.79 Å². The number of hydrogen-bond acceptors (Lipinski definition) is 4. The molecule has 2 aromatic carbocycles. The predicted octanol–water partition coefficient (Wildman–Crippen LogP) is 4.02. The zero-order chi connectivity index (χ0) is 23.1. The number of benzene rings is 2. The number of rotatable bonds is 10. The molecule has 0 saturated carbocycles. The average Bonchev–Trinajstić information content (AvgIpc) is 3.10. The lowest BCUT2D eigenvalue weighted by Crippen LogP contribution is -2.40. The summed E-state index contributed by atoms with van der Waals surface area (Å²) >= 11 is 0. The zero-order valence-electron chi connectivity index (χ0n) is 18.5. The molecule has 1 atom stereocenters. The fourth-order valence-corrected chi connectivity index (χ4v) is 4.06. The van der Waals surface area contributed by atoms with Crippen molar-refractivity contribution in [3.8, 4) is 11.1 Å². The first-order valence-corrected chi connectivity index (χ1v) is 11.0. The molecule has 2 aromatic rings. The van der Waals surface area contributed by atoms with Crippen LogP contribution in [0, 0.1) is 0 Å². The number of hydrogen-bond donors (Lipinski definition) is 2. The quantitative estimate of drug-likeness (QED) is 0.584. The minimum atomic E-state index is -0.880. The van der Waals surface area contributed by atoms with Crippen LogP contribution in [0.3, 0.4) is 0 Å². The lowest BCUT2D eigenvalue weighted by molar-refractivity contribution is -0.138. The lowest BCUT2D eigenvalue weighted by atomic mass is 9.98. The molecule has 170 valence electrons. The molecule has 0 radical (unpaired) electrons. The second-order valence-electron chi connectivity index (χ2n) is 8.09. The molecule has 0 bridgehead atoms. The van der Waals surface area contributed by atoms with Crippen LogP contribution in [0.5, 0.6) is 0 Å². The summed E-state index contributed by atoms with van der Waals surface area (Å²) in [6.45, 7) is 2.48. The Balaban J connectivity index is 1.53. The van der Waals surface area contributed by atoms with Gasteiger partial charge in [-0.3, -0.25) is 9.59 Å². The van der Waals surface area contributed by atoms with Gasteiger partial charge in [-0.15, -0.1) is 0 Å². The Kier molecular flexibility index (Phi) is 7.87. The third-order valence-electron chi connectivity index (χ3n) is 5.89. The van der Waals surface area contributed by atoms with E-state index >= 15 is 0 Å². The van der Waals surface area contributed by atoms with Gasteiger partial charge in [0.05, 0.1) is 0 Å². The first kappa shape index (κ1) is 23.3. The van der Waals surface area contributed by atoms with Crippen LogP contribution in [0.2, 0.25) is 0 Å². The van der Waals surface area contributed by atoms with E-state index in [1.807, 2.05) is 31.2 Å². The standard InChI is InChI=1S/C25H30N2O5/c1-3-17(15-23(28)27(2)14-8-13-24(29)30)26-25(31)32-16-22-20-11-6-4-9-18(20)19-10-5-7-12-21(19)22/h4-7,9-12,17,22H,3,8,13-16H2,1-2H3,(H,26,31)(H,29,30)/t17-/m1/s1. The summed E-state index contributed by atoms with van der Waals surface area (Å²) in [6.07, 6.45) is 0.601. The molecule has 32 heavy (non-hydrogen) atoms. The second kappa shape index (κ2) is 10.8. The molecule has 2 N–H and O–H groups in total. The number of carboxylic acids is 1. The Bertz CT molecular complexity index is 929. The van der Waals surface area contributed by atoms with Crippen LogP contribution in [0.1, 0.15) is 49.7 Å². The number of alkyl carbamates (subject to hydrolysis) is 1. The lowest BCUT2D eigenvalue weighted by Gasteiger charge is -2.22. The van der Waals surface area contributed by atoms with Gasteiger partial charge in [0.15, 0.2) is 0 Å². The Labute approximate surface area is 188 Å². The van der Waals surface area contributed by atoms with Crippen molar-refractivity contribution in [2.75, 3.05) is 20.2 Å². The highest BCUT2D eigenvalue weighted by Gasteiger charge is 2.29. The summed E-state index contributed by atoms with van der Waals surface area (Å²) in [5.74, 6) is -1.04. The normalized spacial score (nSPS) is 13.1. The molecular formula is C25H30N2O5. The fourth-order valence-electron chi connectivity index (χ4n) is 4.06. The van der Waals surface area contributed by atoms with Crippen LogP contribution >= 0.6 is 0 Å². The average molecular weight is 439 g/mol. The second-order valence-corrected chi connectivity index (χ2v) is 8.09. The van der Waals surface area contributed by atoms with E-state index in [0.717, 1.165) is 11.1 Å². The molecule has 0 spiro atoms. The van der Waals surface area contributed by atoms with E-state index in [0.29, 0.717) is 19.4 Å². The van der Waals surface area contributed by atoms with Crippen molar-refractivity contribution in [2.24, 2.45) is 0 Å². The highest BCUT2D eigenvalue weighted by molar-refractivity contribution is 5.79. The number of carbonyl (C=O) groups is 3. The SMILES string of the molecule is CC[C@H](CC(=O)N(C)CCCC(=O)O)NC(=O)OCC1c2ccccc2-c2ccccc21. The third kappa shape index (κ3) is 5.66. The van der Waals surface area contributed by atoms with Crippen molar-refractivity contribution in [1.82, 2.24) is 10.2 Å². The molecule has 1 aliphatic rings. The van der Waals surface area contributed by atoms with Gasteiger partial charge >= 0.3 is 12.1 Å². The number of amides is 2. The van der Waals surface area contributed by atoms with E-state index in [2.05, 4.69) is 29.6 Å². The first-order valence-electron chi connectivity index (χ1n) is 11.0. The van der Waals surface area contributed by atoms with Gasteiger partial charge < -0.3 is 20.1 Å². The van der Waals surface area contributed by atoms with E-state index in [9.17, 15) is 14.4 Å². The van der Waals surface area contributed by atoms with Crippen molar-refractivity contribution in [1.29, 1.82) is 0 Å². The molecule has 7 heteroatoms. The molecule has 0 aliphatic heterocycles. The number of aliphatic carboxylic acids is 1. The number of carbonyl (C=O) groups excluding carboxylic acids is 2. The molecule has 1 aliphatic carbocycles. The molecule has 0 aromatic heterocycles. The molecule has 0 fully saturated rings. The van der Waals surface area contributed by atoms with Crippen LogP contribution in [0.25, 0.3) is 11.1 Å². The smallest absolute Gasteiger partial charge is 0.407 e. The van der Waals surface area contributed by atoms with Crippen molar-refractivity contribution < 1.29 is 24.2 Å². The number of ether oxygens (including phenoxy) is 1. The van der Waals surface area contributed by atoms with Crippen molar-refractivity contribution in [2.45, 2.75) is 44.6 Å². The number of fused-ring (bicyclic) bond motifs is 3. The predicted molar refractivity (Wildman–Crippen MR) is 121 cm³/mol. The van der Waals surface area contributed by atoms with Crippen LogP contribution in [0.15, 0.2) is 48.5 Å². The summed E-state index contributed by atoms with van der Waals surface area (Å²) in [7, 11) is 1.64. The molecule has 7 nitrogen and oxygen atoms in total. The molecule has 0 unspecified atom stereocenters. The van der Waals surface area contributed by atoms with Crippen molar-refractivity contribution >= 4 is 18.0 Å². The maximum absolute atomic E-state index is 12.5. The van der Waals surface area contributed by atoms with Gasteiger partial charge in [0.25, 0.3) is 0 Å². The van der Waals surface area contributed by atoms with E-state index in [4.69, 9.17) is 9.84 Å². The summed E-state index contributed by atoms with van der Waals surface area (Å²) in [6, 6.07) is 15.9. The van der Waals surface area contributed by atoms with Gasteiger partial charge in [-0.1, -0.05) is 55.5 Å². The largest absolute Gasteiger partial charge is 0.481 e. The summed E-state index contributed by atoms with van der Waals surface area (Å²) < 4.78 is 5.57. The van der Waals surface area contributed by atoms with E-state index < -0.39 is 12.1 Å². The highest BCUT2D eigenvalue weighted by Crippen LogP contribution is 2.44. The number of carboxylic acid groups (broad SMARTS) is 1. The molecule has 0 saturated heterocycles. The Morgan fingerprint density at radius 3 is 2.22 bits per heavy atom. The third-order valence-corrected chi connectivity index (χ3v) is 5.89. The van der Waals surface area contributed by atoms with E-state index in [-0.39, 0.29) is 37.3 Å². The topological polar surface area (TPSA) is 95.9 Å². The summed E-state index contributed by atoms with van der Waals surface area (Å²) in [5.41, 5.74) is 4.62. The minimum absolute atomic E-state index is 0.0183. The summed E-state index contributed by atoms with van der Waals surface area (Å²) in [5, 5.41) is 11.5. The van der Waals surface area contributed by atoms with Crippen molar-refractivity contribution in [3.63, 3.8) is 0 Å². The molecule has 3 rings (SSSR count). The Morgan fingerprint density at radius 2 is 1.66 bits per heavy atom. The zero-order valence-corrected chi connectivity index (χ0v) is 18.5. The first-order chi connectivity index (χ1) is 15.4. The monoisotopic (exact) mass is 438 g/mol. The van der Waals surface area contributed by atoms with Crippen LogP contribution < -0.4 is 5.32 Å². The van der Waals surface area contributed by atoms with Gasteiger partial charge in [0, 0.05) is 38.4 Å². The van der Waals surface area contributed by atoms with Crippen LogP contribution in [-0.2, 0) is 14.3 Å². The molecule has 2 amide bonds. The van der Waals surface area contributed by atoms with Crippen molar-refractivity contribution in [3.05, 3.63) is 59.7 Å². The summed E-state index contributed by atoms with van der Waals surface area (Å²) in [4.78, 5) is 37.0. The Morgan fingerprint density at radius 1 is 1.06 bits per heavy atom. The van der Waals surface area contributed by atoms with E-state index in [1.54, 1.807) is 7.05 Å². The fraction of sp³-hybridized carbons (Fsp3) is 0.400. The minimum Gasteiger partial charge on any atom is -0.481 e. The van der Waals surface area contributed by atoms with Crippen LogP contribution in [-0.4, -0.2) is 54.2 Å². The number of nitrogens with one attached hydrogen (secondary N) is 1.